The van der Waals surface area contributed by atoms with Crippen LogP contribution in [0.4, 0.5) is 0 Å². The highest BCUT2D eigenvalue weighted by atomic mass is 32.2. The van der Waals surface area contributed by atoms with E-state index in [1.165, 1.54) is 28.4 Å². The average Bonchev–Trinajstić information content (AvgIpc) is 2.98. The molecule has 0 amide bonds. The molecule has 0 aliphatic carbocycles. The largest absolute Gasteiger partial charge is 0.394 e. The van der Waals surface area contributed by atoms with Crippen LogP contribution in [-0.4, -0.2) is 34.9 Å². The Morgan fingerprint density at radius 3 is 2.94 bits per heavy atom. The second kappa shape index (κ2) is 5.57. The van der Waals surface area contributed by atoms with E-state index in [4.69, 9.17) is 5.11 Å². The van der Waals surface area contributed by atoms with Crippen LogP contribution in [0, 0.1) is 0 Å². The van der Waals surface area contributed by atoms with Gasteiger partial charge in [-0.15, -0.1) is 11.3 Å². The first-order chi connectivity index (χ1) is 8.62. The van der Waals surface area contributed by atoms with Gasteiger partial charge in [-0.25, -0.2) is 13.1 Å². The summed E-state index contributed by atoms with van der Waals surface area (Å²) in [7, 11) is -3.57. The molecule has 2 aromatic rings. The third-order valence-electron chi connectivity index (χ3n) is 2.17. The van der Waals surface area contributed by atoms with Gasteiger partial charge in [-0.05, 0) is 0 Å². The van der Waals surface area contributed by atoms with Crippen molar-refractivity contribution >= 4 is 21.4 Å². The summed E-state index contributed by atoms with van der Waals surface area (Å²) in [6.07, 6.45) is 4.25. The zero-order valence-electron chi connectivity index (χ0n) is 9.35. The maximum absolute atomic E-state index is 11.9. The van der Waals surface area contributed by atoms with E-state index in [0.29, 0.717) is 0 Å². The lowest BCUT2D eigenvalue weighted by Gasteiger charge is -2.02. The Morgan fingerprint density at radius 1 is 1.44 bits per heavy atom. The highest BCUT2D eigenvalue weighted by Gasteiger charge is 2.16. The minimum Gasteiger partial charge on any atom is -0.394 e. The van der Waals surface area contributed by atoms with Crippen LogP contribution < -0.4 is 4.72 Å². The molecule has 18 heavy (non-hydrogen) atoms. The van der Waals surface area contributed by atoms with Crippen LogP contribution in [0.25, 0.3) is 0 Å². The first-order valence-electron chi connectivity index (χ1n) is 5.12. The Kier molecular flexibility index (Phi) is 4.07. The molecule has 0 aromatic carbocycles. The fourth-order valence-corrected chi connectivity index (χ4v) is 2.87. The third kappa shape index (κ3) is 3.13. The van der Waals surface area contributed by atoms with Crippen molar-refractivity contribution in [3.63, 3.8) is 0 Å². The number of thiazole rings is 1. The number of sulfonamides is 1. The normalized spacial score (nSPS) is 11.8. The summed E-state index contributed by atoms with van der Waals surface area (Å²) in [6, 6.07) is 0. The first-order valence-corrected chi connectivity index (χ1v) is 7.48. The molecule has 2 N–H and O–H groups in total. The highest BCUT2D eigenvalue weighted by molar-refractivity contribution is 7.89. The third-order valence-corrected chi connectivity index (χ3v) is 4.30. The van der Waals surface area contributed by atoms with Crippen LogP contribution >= 0.6 is 11.3 Å². The molecule has 2 rings (SSSR count). The van der Waals surface area contributed by atoms with Gasteiger partial charge < -0.3 is 5.11 Å². The molecular formula is C9H12N4O3S2. The van der Waals surface area contributed by atoms with Crippen molar-refractivity contribution in [2.24, 2.45) is 0 Å². The van der Waals surface area contributed by atoms with Crippen molar-refractivity contribution in [1.82, 2.24) is 19.5 Å². The lowest BCUT2D eigenvalue weighted by Crippen LogP contribution is -2.22. The van der Waals surface area contributed by atoms with Gasteiger partial charge >= 0.3 is 0 Å². The number of rotatable bonds is 6. The predicted octanol–water partition coefficient (Wildman–Crippen LogP) is -0.190. The van der Waals surface area contributed by atoms with Crippen molar-refractivity contribution in [2.45, 2.75) is 18.0 Å². The molecule has 7 nitrogen and oxygen atoms in total. The van der Waals surface area contributed by atoms with Gasteiger partial charge in [-0.3, -0.25) is 9.67 Å². The van der Waals surface area contributed by atoms with Crippen molar-refractivity contribution in [1.29, 1.82) is 0 Å². The molecular weight excluding hydrogens is 276 g/mol. The maximum Gasteiger partial charge on any atom is 0.244 e. The number of nitrogens with zero attached hydrogens (tertiary/aromatic N) is 3. The Labute approximate surface area is 108 Å². The molecule has 98 valence electrons. The molecule has 0 aliphatic heterocycles. The van der Waals surface area contributed by atoms with Crippen molar-refractivity contribution in [3.8, 4) is 0 Å². The number of aromatic nitrogens is 3. The van der Waals surface area contributed by atoms with Crippen LogP contribution in [0.15, 0.2) is 29.0 Å². The maximum atomic E-state index is 11.9. The van der Waals surface area contributed by atoms with E-state index in [0.717, 1.165) is 4.88 Å². The van der Waals surface area contributed by atoms with Gasteiger partial charge in [0, 0.05) is 23.8 Å². The second-order valence-corrected chi connectivity index (χ2v) is 6.19. The van der Waals surface area contributed by atoms with Gasteiger partial charge in [0.05, 0.1) is 24.9 Å². The fraction of sp³-hybridized carbons (Fsp3) is 0.333. The zero-order chi connectivity index (χ0) is 13.0. The molecule has 0 spiro atoms. The quantitative estimate of drug-likeness (QED) is 0.768. The van der Waals surface area contributed by atoms with Crippen LogP contribution in [0.1, 0.15) is 4.88 Å². The average molecular weight is 288 g/mol. The number of aliphatic hydroxyl groups is 1. The molecule has 0 saturated heterocycles. The molecule has 0 aliphatic rings. The first kappa shape index (κ1) is 13.1. The minimum absolute atomic E-state index is 0.0838. The molecule has 2 aromatic heterocycles. The van der Waals surface area contributed by atoms with E-state index in [1.54, 1.807) is 11.7 Å². The molecule has 0 unspecified atom stereocenters. The zero-order valence-corrected chi connectivity index (χ0v) is 11.0. The molecule has 0 atom stereocenters. The van der Waals surface area contributed by atoms with E-state index >= 15 is 0 Å². The van der Waals surface area contributed by atoms with Crippen molar-refractivity contribution in [3.05, 3.63) is 29.0 Å². The molecule has 0 saturated carbocycles. The van der Waals surface area contributed by atoms with E-state index in [1.807, 2.05) is 0 Å². The number of hydrogen-bond acceptors (Lipinski definition) is 6. The van der Waals surface area contributed by atoms with Gasteiger partial charge in [-0.2, -0.15) is 5.10 Å². The van der Waals surface area contributed by atoms with Crippen LogP contribution in [0.3, 0.4) is 0 Å². The minimum atomic E-state index is -3.57. The van der Waals surface area contributed by atoms with E-state index < -0.39 is 10.0 Å². The topological polar surface area (TPSA) is 97.1 Å². The molecule has 0 bridgehead atoms. The van der Waals surface area contributed by atoms with Crippen LogP contribution in [0.5, 0.6) is 0 Å². The fourth-order valence-electron chi connectivity index (χ4n) is 1.29. The lowest BCUT2D eigenvalue weighted by atomic mass is 10.6. The molecule has 0 fully saturated rings. The van der Waals surface area contributed by atoms with Gasteiger partial charge in [0.25, 0.3) is 0 Å². The molecule has 2 heterocycles. The monoisotopic (exact) mass is 288 g/mol. The smallest absolute Gasteiger partial charge is 0.244 e. The summed E-state index contributed by atoms with van der Waals surface area (Å²) in [6.45, 7) is 0.387. The SMILES string of the molecule is O=S(=O)(NCc1cncs1)c1cnn(CCO)c1. The second-order valence-electron chi connectivity index (χ2n) is 3.46. The Hall–Kier alpha value is -1.29. The number of hydrogen-bond donors (Lipinski definition) is 2. The summed E-state index contributed by atoms with van der Waals surface area (Å²) in [5.41, 5.74) is 1.64. The summed E-state index contributed by atoms with van der Waals surface area (Å²) >= 11 is 1.38. The van der Waals surface area contributed by atoms with Gasteiger partial charge in [0.15, 0.2) is 0 Å². The van der Waals surface area contributed by atoms with Gasteiger partial charge in [-0.1, -0.05) is 0 Å². The molecule has 9 heteroatoms. The summed E-state index contributed by atoms with van der Waals surface area (Å²) < 4.78 is 27.6. The van der Waals surface area contributed by atoms with E-state index in [-0.39, 0.29) is 24.6 Å². The number of nitrogens with one attached hydrogen (secondary N) is 1. The number of aliphatic hydroxyl groups excluding tert-OH is 1. The van der Waals surface area contributed by atoms with Crippen molar-refractivity contribution in [2.75, 3.05) is 6.61 Å². The standard InChI is InChI=1S/C9H12N4O3S2/c14-2-1-13-6-9(5-11-13)18(15,16)12-4-8-3-10-7-17-8/h3,5-7,12,14H,1-2,4H2. The lowest BCUT2D eigenvalue weighted by molar-refractivity contribution is 0.269. The highest BCUT2D eigenvalue weighted by Crippen LogP contribution is 2.10. The Bertz CT molecular complexity index is 591. The van der Waals surface area contributed by atoms with E-state index in [9.17, 15) is 8.42 Å². The van der Waals surface area contributed by atoms with Crippen molar-refractivity contribution < 1.29 is 13.5 Å². The summed E-state index contributed by atoms with van der Waals surface area (Å²) in [4.78, 5) is 4.78. The summed E-state index contributed by atoms with van der Waals surface area (Å²) in [5.74, 6) is 0. The van der Waals surface area contributed by atoms with E-state index in [2.05, 4.69) is 14.8 Å². The van der Waals surface area contributed by atoms with Crippen LogP contribution in [0.2, 0.25) is 0 Å². The Balaban J connectivity index is 2.05. The predicted molar refractivity (Wildman–Crippen MR) is 65.5 cm³/mol. The van der Waals surface area contributed by atoms with Gasteiger partial charge in [0.2, 0.25) is 10.0 Å². The van der Waals surface area contributed by atoms with Gasteiger partial charge in [0.1, 0.15) is 4.90 Å². The Morgan fingerprint density at radius 2 is 2.28 bits per heavy atom. The van der Waals surface area contributed by atoms with Crippen LogP contribution in [-0.2, 0) is 23.1 Å². The summed E-state index contributed by atoms with van der Waals surface area (Å²) in [5, 5.41) is 12.6. The molecule has 0 radical (unpaired) electrons.